The highest BCUT2D eigenvalue weighted by Gasteiger charge is 2.19. The van der Waals surface area contributed by atoms with Crippen LogP contribution in [0.25, 0.3) is 0 Å². The Morgan fingerprint density at radius 3 is 0.774 bits per heavy atom. The fourth-order valence-electron chi connectivity index (χ4n) is 5.25. The molecule has 0 atom stereocenters. The van der Waals surface area contributed by atoms with E-state index in [1.807, 2.05) is 6.92 Å². The van der Waals surface area contributed by atoms with E-state index in [1.54, 1.807) is 18.2 Å². The first-order chi connectivity index (χ1) is 45.3. The van der Waals surface area contributed by atoms with E-state index in [9.17, 15) is 13.9 Å². The summed E-state index contributed by atoms with van der Waals surface area (Å²) >= 11 is 3.13. The second kappa shape index (κ2) is 96.9. The molecule has 0 heterocycles. The molecule has 0 aromatic rings. The normalized spacial score (nSPS) is 11.0. The summed E-state index contributed by atoms with van der Waals surface area (Å²) in [6.07, 6.45) is 6.32. The van der Waals surface area contributed by atoms with Crippen molar-refractivity contribution < 1.29 is 148 Å². The topological polar surface area (TPSA) is 376 Å². The maximum atomic E-state index is 11.7. The molecule has 0 spiro atoms. The highest BCUT2D eigenvalue weighted by atomic mass is 79.9. The number of carbonyl (C=O) groups excluding carboxylic acids is 1. The summed E-state index contributed by atoms with van der Waals surface area (Å²) < 4.78 is 135. The molecule has 0 aliphatic rings. The Morgan fingerprint density at radius 2 is 0.570 bits per heavy atom. The van der Waals surface area contributed by atoms with Crippen molar-refractivity contribution in [2.75, 3.05) is 316 Å². The van der Waals surface area contributed by atoms with Gasteiger partial charge in [-0.2, -0.15) is 0 Å². The molecule has 0 aliphatic heterocycles. The van der Waals surface area contributed by atoms with Gasteiger partial charge in [0, 0.05) is 46.3 Å². The molecule has 0 amide bonds. The molecule has 0 aromatic heterocycles. The van der Waals surface area contributed by atoms with Crippen molar-refractivity contribution in [1.82, 2.24) is 0 Å². The maximum Gasteiger partial charge on any atom is 0.330 e. The molecule has 0 aliphatic carbocycles. The van der Waals surface area contributed by atoms with Crippen LogP contribution in [0.3, 0.4) is 0 Å². The average molecular weight is 1470 g/mol. The van der Waals surface area contributed by atoms with Crippen LogP contribution >= 0.6 is 31.1 Å². The van der Waals surface area contributed by atoms with Crippen molar-refractivity contribution in [1.29, 1.82) is 0 Å². The summed E-state index contributed by atoms with van der Waals surface area (Å²) in [5, 5.41) is 34.5. The SMILES string of the molecule is C=CCBr.C=CCOCCOCCOCCOCC.C=CCOCCOCCOCCOCCO.COP(=O)(CCCOCCOCCOCCOCCOC(C)=O)OC.O=P(O)(O)CCCOCCOCCOCCOCCO.OCCOCCOCCOCCO. The Balaban J connectivity index is -0.000000255. The molecule has 0 aromatic carbocycles. The predicted octanol–water partition coefficient (Wildman–Crippen LogP) is 3.18. The van der Waals surface area contributed by atoms with Crippen molar-refractivity contribution >= 4 is 37.1 Å². The van der Waals surface area contributed by atoms with E-state index < -0.39 is 15.2 Å². The molecule has 0 fully saturated rings. The number of aliphatic hydroxyl groups excluding tert-OH is 4. The van der Waals surface area contributed by atoms with Gasteiger partial charge in [-0.15, -0.1) is 19.7 Å². The highest BCUT2D eigenvalue weighted by Crippen LogP contribution is 2.46. The Bertz CT molecular complexity index is 1470. The number of esters is 1. The van der Waals surface area contributed by atoms with Crippen LogP contribution in [-0.4, -0.2) is 352 Å². The Labute approximate surface area is 563 Å². The van der Waals surface area contributed by atoms with Gasteiger partial charge in [0.25, 0.3) is 0 Å². The Hall–Kier alpha value is -1.45. The average Bonchev–Trinajstić information content (AvgIpc) is 3.47. The van der Waals surface area contributed by atoms with Crippen molar-refractivity contribution in [3.8, 4) is 0 Å². The zero-order valence-electron chi connectivity index (χ0n) is 56.5. The first-order valence-corrected chi connectivity index (χ1v) is 35.6. The van der Waals surface area contributed by atoms with Gasteiger partial charge >= 0.3 is 21.2 Å². The number of aliphatic hydroxyl groups is 4. The number of ether oxygens (including phenoxy) is 20. The lowest BCUT2D eigenvalue weighted by atomic mass is 10.5. The van der Waals surface area contributed by atoms with Crippen molar-refractivity contribution in [3.63, 3.8) is 0 Å². The number of carbonyl (C=O) groups is 1. The van der Waals surface area contributed by atoms with E-state index in [0.717, 1.165) is 11.9 Å². The molecule has 0 bridgehead atoms. The summed E-state index contributed by atoms with van der Waals surface area (Å²) in [5.41, 5.74) is 0. The van der Waals surface area contributed by atoms with Crippen LogP contribution in [0.2, 0.25) is 0 Å². The summed E-state index contributed by atoms with van der Waals surface area (Å²) in [4.78, 5) is 27.7. The third-order valence-corrected chi connectivity index (χ3v) is 12.8. The molecule has 31 nitrogen and oxygen atoms in total. The minimum absolute atomic E-state index is 0.0112. The fourth-order valence-corrected chi connectivity index (χ4v) is 6.82. The molecular weight excluding hydrogens is 1350 g/mol. The Kier molecular flexibility index (Phi) is 107. The van der Waals surface area contributed by atoms with Gasteiger partial charge in [0.15, 0.2) is 0 Å². The van der Waals surface area contributed by atoms with Crippen LogP contribution in [-0.2, 0) is 118 Å². The lowest BCUT2D eigenvalue weighted by Gasteiger charge is -2.13. The van der Waals surface area contributed by atoms with E-state index in [-0.39, 0.29) is 45.2 Å². The third-order valence-electron chi connectivity index (χ3n) is 9.48. The molecule has 0 saturated heterocycles. The number of hydrogen-bond donors (Lipinski definition) is 6. The van der Waals surface area contributed by atoms with Gasteiger partial charge < -0.3 is 134 Å². The van der Waals surface area contributed by atoms with Gasteiger partial charge in [0.2, 0.25) is 0 Å². The lowest BCUT2D eigenvalue weighted by molar-refractivity contribution is -0.142. The standard InChI is InChI=1S/C15H31O9P.C11H25O8P.C11H22O5.C11H22O4.C8H18O5.C3H5Br/c1-15(16)24-13-12-23-11-10-22-9-8-21-7-6-20-5-4-14-25(17,18-2)19-3;12-2-4-17-6-8-19-10-9-18-7-5-16-3-1-11-20(13,14)15;1-2-4-13-6-8-15-10-11-16-9-7-14-5-3-12;1-3-5-13-8-9-15-11-10-14-7-6-12-4-2;9-1-3-11-5-7-13-8-6-12-4-2-10;1-2-3-4/h4-14H2,1-3H3;12H,1-11H2,(H2,13,14,15);2,12H,1,3-11H2;3H,1,4-11H2,2H3;9-10H,1-8H2;2H,1,3H2. The van der Waals surface area contributed by atoms with E-state index in [4.69, 9.17) is 134 Å². The van der Waals surface area contributed by atoms with Crippen LogP contribution in [0.15, 0.2) is 38.0 Å². The van der Waals surface area contributed by atoms with Crippen molar-refractivity contribution in [2.24, 2.45) is 0 Å². The zero-order chi connectivity index (χ0) is 70.2. The second-order valence-electron chi connectivity index (χ2n) is 17.2. The summed E-state index contributed by atoms with van der Waals surface area (Å²) in [5.74, 6) is -0.314. The summed E-state index contributed by atoms with van der Waals surface area (Å²) in [7, 11) is -4.09. The number of alkyl halides is 1. The molecule has 0 unspecified atom stereocenters. The van der Waals surface area contributed by atoms with E-state index in [2.05, 4.69) is 35.7 Å². The molecule has 0 rings (SSSR count). The summed E-state index contributed by atoms with van der Waals surface area (Å²) in [6, 6.07) is 0. The number of allylic oxidation sites excluding steroid dienone is 1. The largest absolute Gasteiger partial charge is 0.463 e. The predicted molar refractivity (Wildman–Crippen MR) is 353 cm³/mol. The quantitative estimate of drug-likeness (QED) is 0.0167. The van der Waals surface area contributed by atoms with Crippen molar-refractivity contribution in [3.05, 3.63) is 38.0 Å². The first kappa shape index (κ1) is 103. The van der Waals surface area contributed by atoms with Gasteiger partial charge in [-0.1, -0.05) is 34.2 Å². The number of halogens is 1. The maximum absolute atomic E-state index is 11.7. The van der Waals surface area contributed by atoms with Gasteiger partial charge in [0.1, 0.15) is 6.61 Å². The van der Waals surface area contributed by atoms with Crippen LogP contribution in [0, 0.1) is 0 Å². The van der Waals surface area contributed by atoms with Crippen LogP contribution in [0.4, 0.5) is 0 Å². The smallest absolute Gasteiger partial charge is 0.330 e. The molecule has 93 heavy (non-hydrogen) atoms. The van der Waals surface area contributed by atoms with E-state index >= 15 is 0 Å². The second-order valence-corrected chi connectivity index (χ2v) is 22.0. The van der Waals surface area contributed by atoms with Crippen LogP contribution < -0.4 is 0 Å². The monoisotopic (exact) mass is 1470 g/mol. The van der Waals surface area contributed by atoms with Gasteiger partial charge in [-0.25, -0.2) is 0 Å². The molecule has 0 radical (unpaired) electrons. The van der Waals surface area contributed by atoms with Crippen LogP contribution in [0.1, 0.15) is 26.7 Å². The molecule has 6 N–H and O–H groups in total. The molecule has 34 heteroatoms. The summed E-state index contributed by atoms with van der Waals surface area (Å²) in [6.45, 7) is 33.0. The fraction of sp³-hybridized carbons (Fsp3) is 0.881. The van der Waals surface area contributed by atoms with Crippen molar-refractivity contribution in [2.45, 2.75) is 26.7 Å². The lowest BCUT2D eigenvalue weighted by Crippen LogP contribution is -2.14. The van der Waals surface area contributed by atoms with Crippen LogP contribution in [0.5, 0.6) is 0 Å². The van der Waals surface area contributed by atoms with Gasteiger partial charge in [-0.3, -0.25) is 13.9 Å². The molecular formula is C59H123BrO31P2. The Morgan fingerprint density at radius 1 is 0.355 bits per heavy atom. The number of rotatable bonds is 69. The minimum atomic E-state index is -3.90. The first-order valence-electron chi connectivity index (χ1n) is 30.9. The number of hydrogen-bond acceptors (Lipinski definition) is 29. The zero-order valence-corrected chi connectivity index (χ0v) is 59.8. The molecule has 0 saturated carbocycles. The molecule has 562 valence electrons. The third kappa shape index (κ3) is 118. The minimum Gasteiger partial charge on any atom is -0.463 e. The van der Waals surface area contributed by atoms with E-state index in [1.165, 1.54) is 21.1 Å². The van der Waals surface area contributed by atoms with Gasteiger partial charge in [0.05, 0.1) is 270 Å². The van der Waals surface area contributed by atoms with E-state index in [0.29, 0.717) is 263 Å². The highest BCUT2D eigenvalue weighted by molar-refractivity contribution is 9.09. The van der Waals surface area contributed by atoms with Gasteiger partial charge in [-0.05, 0) is 19.8 Å².